The van der Waals surface area contributed by atoms with E-state index in [0.29, 0.717) is 23.0 Å². The largest absolute Gasteiger partial charge is 0.618 e. The molecule has 1 amide bonds. The molecule has 2 aliphatic carbocycles. The molecule has 234 valence electrons. The molecule has 0 bridgehead atoms. The van der Waals surface area contributed by atoms with E-state index in [0.717, 1.165) is 31.0 Å². The fourth-order valence-corrected chi connectivity index (χ4v) is 5.73. The SMILES string of the molecule is N[C@@]1(C(F)(F)F)COc2c1cc([C@@](O)(CNC(=O)c1cc(OC3CC3)c3c(ccc[n+]3[O-])c1)C1CC1)nc2-c1ccc(F)cc1. The Kier molecular flexibility index (Phi) is 6.68. The van der Waals surface area contributed by atoms with Gasteiger partial charge < -0.3 is 30.8 Å². The lowest BCUT2D eigenvalue weighted by Gasteiger charge is -2.31. The van der Waals surface area contributed by atoms with Crippen LogP contribution in [0.25, 0.3) is 22.2 Å². The van der Waals surface area contributed by atoms with E-state index in [1.165, 1.54) is 30.5 Å². The summed E-state index contributed by atoms with van der Waals surface area (Å²) in [7, 11) is 0. The molecule has 9 nitrogen and oxygen atoms in total. The van der Waals surface area contributed by atoms with Crippen molar-refractivity contribution in [3.05, 3.63) is 88.6 Å². The number of nitrogens with one attached hydrogen (secondary N) is 1. The number of rotatable bonds is 8. The van der Waals surface area contributed by atoms with E-state index in [2.05, 4.69) is 10.3 Å². The Bertz CT molecular complexity index is 1830. The van der Waals surface area contributed by atoms with Crippen molar-refractivity contribution in [1.29, 1.82) is 0 Å². The van der Waals surface area contributed by atoms with E-state index in [1.54, 1.807) is 12.1 Å². The van der Waals surface area contributed by atoms with Crippen LogP contribution in [0.2, 0.25) is 0 Å². The van der Waals surface area contributed by atoms with Gasteiger partial charge in [0, 0.05) is 22.8 Å². The number of pyridine rings is 2. The Morgan fingerprint density at radius 1 is 1.16 bits per heavy atom. The fraction of sp³-hybridized carbons (Fsp3) is 0.344. The van der Waals surface area contributed by atoms with E-state index in [4.69, 9.17) is 15.2 Å². The Morgan fingerprint density at radius 2 is 1.89 bits per heavy atom. The van der Waals surface area contributed by atoms with Crippen molar-refractivity contribution in [1.82, 2.24) is 10.3 Å². The molecule has 45 heavy (non-hydrogen) atoms. The quantitative estimate of drug-likeness (QED) is 0.151. The van der Waals surface area contributed by atoms with E-state index in [9.17, 15) is 32.7 Å². The second-order valence-corrected chi connectivity index (χ2v) is 11.9. The van der Waals surface area contributed by atoms with Crippen LogP contribution < -0.4 is 25.3 Å². The fourth-order valence-electron chi connectivity index (χ4n) is 5.73. The van der Waals surface area contributed by atoms with Crippen LogP contribution in [0.1, 0.15) is 47.3 Å². The molecule has 0 spiro atoms. The Morgan fingerprint density at radius 3 is 2.56 bits per heavy atom. The summed E-state index contributed by atoms with van der Waals surface area (Å²) in [5.74, 6) is -1.52. The van der Waals surface area contributed by atoms with Crippen LogP contribution >= 0.6 is 0 Å². The van der Waals surface area contributed by atoms with Crippen LogP contribution in [0, 0.1) is 16.9 Å². The van der Waals surface area contributed by atoms with E-state index in [1.807, 2.05) is 0 Å². The number of aromatic nitrogens is 2. The van der Waals surface area contributed by atoms with Gasteiger partial charge in [0.15, 0.2) is 23.2 Å². The number of aliphatic hydroxyl groups is 1. The minimum absolute atomic E-state index is 0.0354. The van der Waals surface area contributed by atoms with E-state index < -0.39 is 47.1 Å². The standard InChI is InChI=1S/C32H28F4N4O5/c33-21-7-3-17(4-8-21)26-28-23(31(37,16-44-28)32(34,35)36)14-25(39-26)30(42,20-5-6-20)15-38-29(41)19-12-18-2-1-11-40(43)27(18)24(13-19)45-22-9-10-22/h1-4,7-8,11-14,20,22,42H,5-6,9-10,15-16,37H2,(H,38,41)/t30-,31+/m1/s1. The maximum absolute atomic E-state index is 14.3. The predicted molar refractivity (Wildman–Crippen MR) is 153 cm³/mol. The lowest BCUT2D eigenvalue weighted by Crippen LogP contribution is -2.52. The Labute approximate surface area is 254 Å². The lowest BCUT2D eigenvalue weighted by atomic mass is 9.86. The number of ether oxygens (including phenoxy) is 2. The summed E-state index contributed by atoms with van der Waals surface area (Å²) in [5, 5.41) is 27.8. The second-order valence-electron chi connectivity index (χ2n) is 11.9. The Hall–Kier alpha value is -4.49. The van der Waals surface area contributed by atoms with Gasteiger partial charge in [-0.25, -0.2) is 9.37 Å². The number of alkyl halides is 3. The van der Waals surface area contributed by atoms with Gasteiger partial charge >= 0.3 is 6.18 Å². The monoisotopic (exact) mass is 624 g/mol. The van der Waals surface area contributed by atoms with Crippen LogP contribution in [0.4, 0.5) is 17.6 Å². The van der Waals surface area contributed by atoms with Gasteiger partial charge in [0.1, 0.15) is 23.7 Å². The van der Waals surface area contributed by atoms with Gasteiger partial charge in [-0.05, 0) is 80.1 Å². The number of nitrogens with two attached hydrogens (primary N) is 1. The molecule has 0 saturated heterocycles. The summed E-state index contributed by atoms with van der Waals surface area (Å²) >= 11 is 0. The molecule has 7 rings (SSSR count). The molecule has 1 aliphatic heterocycles. The van der Waals surface area contributed by atoms with Gasteiger partial charge in [-0.3, -0.25) is 4.79 Å². The summed E-state index contributed by atoms with van der Waals surface area (Å²) in [6.45, 7) is -1.29. The summed E-state index contributed by atoms with van der Waals surface area (Å²) in [5.41, 5.74) is 1.28. The second kappa shape index (κ2) is 10.3. The number of amides is 1. The smallest absolute Gasteiger partial charge is 0.414 e. The third-order valence-electron chi connectivity index (χ3n) is 8.64. The first-order valence-corrected chi connectivity index (χ1v) is 14.5. The summed E-state index contributed by atoms with van der Waals surface area (Å²) in [4.78, 5) is 18.0. The van der Waals surface area contributed by atoms with Crippen molar-refractivity contribution in [2.75, 3.05) is 13.2 Å². The summed E-state index contributed by atoms with van der Waals surface area (Å²) in [6, 6.07) is 12.3. The molecule has 2 aromatic heterocycles. The van der Waals surface area contributed by atoms with Gasteiger partial charge in [-0.2, -0.15) is 17.9 Å². The number of benzene rings is 2. The zero-order valence-electron chi connectivity index (χ0n) is 23.7. The number of carbonyl (C=O) groups is 1. The molecule has 3 heterocycles. The van der Waals surface area contributed by atoms with Gasteiger partial charge in [0.05, 0.1) is 23.7 Å². The molecule has 2 atom stereocenters. The number of hydrogen-bond donors (Lipinski definition) is 3. The van der Waals surface area contributed by atoms with Crippen molar-refractivity contribution >= 4 is 16.8 Å². The number of nitrogens with zero attached hydrogens (tertiary/aromatic N) is 2. The first kappa shape index (κ1) is 29.2. The molecule has 2 saturated carbocycles. The highest BCUT2D eigenvalue weighted by Gasteiger charge is 2.59. The van der Waals surface area contributed by atoms with Crippen molar-refractivity contribution in [3.63, 3.8) is 0 Å². The normalized spacial score (nSPS) is 20.8. The number of fused-ring (bicyclic) bond motifs is 2. The first-order valence-electron chi connectivity index (χ1n) is 14.5. The minimum atomic E-state index is -4.90. The average molecular weight is 625 g/mol. The highest BCUT2D eigenvalue weighted by atomic mass is 19.4. The van der Waals surface area contributed by atoms with E-state index in [-0.39, 0.29) is 52.2 Å². The molecule has 0 unspecified atom stereocenters. The van der Waals surface area contributed by atoms with Crippen LogP contribution in [0.3, 0.4) is 0 Å². The third-order valence-corrected chi connectivity index (χ3v) is 8.64. The maximum atomic E-state index is 14.3. The van der Waals surface area contributed by atoms with Crippen molar-refractivity contribution in [2.24, 2.45) is 11.7 Å². The molecule has 13 heteroatoms. The van der Waals surface area contributed by atoms with E-state index >= 15 is 0 Å². The number of halogens is 4. The molecular formula is C32H28F4N4O5. The minimum Gasteiger partial charge on any atom is -0.618 e. The predicted octanol–water partition coefficient (Wildman–Crippen LogP) is 4.35. The third kappa shape index (κ3) is 5.09. The van der Waals surface area contributed by atoms with Crippen LogP contribution in [0.5, 0.6) is 11.5 Å². The number of hydrogen-bond acceptors (Lipinski definition) is 7. The molecule has 4 N–H and O–H groups in total. The van der Waals surface area contributed by atoms with Gasteiger partial charge in [0.25, 0.3) is 11.4 Å². The molecule has 0 radical (unpaired) electrons. The highest BCUT2D eigenvalue weighted by Crippen LogP contribution is 2.52. The highest BCUT2D eigenvalue weighted by molar-refractivity contribution is 5.99. The van der Waals surface area contributed by atoms with Crippen molar-refractivity contribution < 1.29 is 41.7 Å². The van der Waals surface area contributed by atoms with Crippen molar-refractivity contribution in [3.8, 4) is 22.8 Å². The van der Waals surface area contributed by atoms with Crippen LogP contribution in [0.15, 0.2) is 60.8 Å². The Balaban J connectivity index is 1.26. The molecule has 3 aliphatic rings. The summed E-state index contributed by atoms with van der Waals surface area (Å²) < 4.78 is 68.6. The zero-order chi connectivity index (χ0) is 31.7. The van der Waals surface area contributed by atoms with Crippen LogP contribution in [-0.4, -0.2) is 41.4 Å². The average Bonchev–Trinajstić information content (AvgIpc) is 3.94. The molecule has 4 aromatic rings. The van der Waals surface area contributed by atoms with Crippen LogP contribution in [-0.2, 0) is 11.1 Å². The number of carbonyl (C=O) groups excluding carboxylic acids is 1. The molecular weight excluding hydrogens is 596 g/mol. The molecule has 2 aromatic carbocycles. The maximum Gasteiger partial charge on any atom is 0.414 e. The lowest BCUT2D eigenvalue weighted by molar-refractivity contribution is -0.577. The summed E-state index contributed by atoms with van der Waals surface area (Å²) in [6.07, 6.45) is -0.880. The molecule has 2 fully saturated rings. The van der Waals surface area contributed by atoms with Gasteiger partial charge in [-0.1, -0.05) is 0 Å². The van der Waals surface area contributed by atoms with Gasteiger partial charge in [0.2, 0.25) is 0 Å². The zero-order valence-corrected chi connectivity index (χ0v) is 23.7. The topological polar surface area (TPSA) is 134 Å². The van der Waals surface area contributed by atoms with Gasteiger partial charge in [-0.15, -0.1) is 0 Å². The first-order chi connectivity index (χ1) is 21.4. The van der Waals surface area contributed by atoms with Crippen molar-refractivity contribution in [2.45, 2.75) is 49.1 Å².